The number of nitrogens with zero attached hydrogens (tertiary/aromatic N) is 3. The second-order valence-corrected chi connectivity index (χ2v) is 5.88. The Labute approximate surface area is 154 Å². The molecule has 7 heteroatoms. The molecular formula is C20H14N4O3. The van der Waals surface area contributed by atoms with Crippen molar-refractivity contribution >= 4 is 28.5 Å². The molecule has 0 saturated carbocycles. The maximum atomic E-state index is 12.9. The van der Waals surface area contributed by atoms with E-state index in [-0.39, 0.29) is 17.3 Å². The van der Waals surface area contributed by atoms with E-state index in [1.165, 1.54) is 18.3 Å². The Morgan fingerprint density at radius 2 is 1.93 bits per heavy atom. The summed E-state index contributed by atoms with van der Waals surface area (Å²) >= 11 is 0. The molecule has 0 bridgehead atoms. The predicted octanol–water partition coefficient (Wildman–Crippen LogP) is 4.22. The fourth-order valence-corrected chi connectivity index (χ4v) is 2.90. The predicted molar refractivity (Wildman–Crippen MR) is 101 cm³/mol. The van der Waals surface area contributed by atoms with Gasteiger partial charge in [0.25, 0.3) is 0 Å². The van der Waals surface area contributed by atoms with Gasteiger partial charge in [0.1, 0.15) is 0 Å². The number of ketones is 1. The molecule has 1 N–H and O–H groups in total. The zero-order chi connectivity index (χ0) is 18.8. The first-order valence-corrected chi connectivity index (χ1v) is 8.21. The van der Waals surface area contributed by atoms with Crippen molar-refractivity contribution in [3.63, 3.8) is 0 Å². The first-order valence-electron chi connectivity index (χ1n) is 8.21. The van der Waals surface area contributed by atoms with Crippen molar-refractivity contribution in [3.8, 4) is 0 Å². The van der Waals surface area contributed by atoms with Crippen LogP contribution in [-0.2, 0) is 0 Å². The Morgan fingerprint density at radius 3 is 2.78 bits per heavy atom. The molecule has 4 aromatic rings. The van der Waals surface area contributed by atoms with Gasteiger partial charge >= 0.3 is 5.69 Å². The van der Waals surface area contributed by atoms with Crippen LogP contribution in [0.2, 0.25) is 0 Å². The average molecular weight is 358 g/mol. The van der Waals surface area contributed by atoms with E-state index in [9.17, 15) is 14.9 Å². The third kappa shape index (κ3) is 3.13. The highest BCUT2D eigenvalue weighted by atomic mass is 16.6. The van der Waals surface area contributed by atoms with E-state index in [4.69, 9.17) is 0 Å². The zero-order valence-corrected chi connectivity index (χ0v) is 14.1. The summed E-state index contributed by atoms with van der Waals surface area (Å²) in [6.45, 7) is 0. The Kier molecular flexibility index (Phi) is 4.10. The second-order valence-electron chi connectivity index (χ2n) is 5.88. The summed E-state index contributed by atoms with van der Waals surface area (Å²) in [5, 5.41) is 14.1. The molecule has 0 fully saturated rings. The summed E-state index contributed by atoms with van der Waals surface area (Å²) < 4.78 is 1.83. The average Bonchev–Trinajstić information content (AvgIpc) is 3.12. The number of benzene rings is 1. The van der Waals surface area contributed by atoms with E-state index < -0.39 is 4.92 Å². The van der Waals surface area contributed by atoms with Crippen LogP contribution in [0.1, 0.15) is 16.1 Å². The number of hydrogen-bond donors (Lipinski definition) is 1. The van der Waals surface area contributed by atoms with Gasteiger partial charge in [-0.25, -0.2) is 4.98 Å². The first kappa shape index (κ1) is 16.5. The van der Waals surface area contributed by atoms with Gasteiger partial charge in [0.2, 0.25) is 11.6 Å². The van der Waals surface area contributed by atoms with Crippen molar-refractivity contribution < 1.29 is 9.72 Å². The lowest BCUT2D eigenvalue weighted by molar-refractivity contribution is -0.384. The van der Waals surface area contributed by atoms with E-state index in [2.05, 4.69) is 10.3 Å². The van der Waals surface area contributed by atoms with Gasteiger partial charge in [-0.1, -0.05) is 18.2 Å². The molecule has 0 atom stereocenters. The van der Waals surface area contributed by atoms with E-state index in [0.717, 1.165) is 5.52 Å². The van der Waals surface area contributed by atoms with Crippen LogP contribution in [0.25, 0.3) is 5.52 Å². The molecule has 4 rings (SSSR count). The molecule has 27 heavy (non-hydrogen) atoms. The normalized spacial score (nSPS) is 10.7. The molecule has 0 aliphatic carbocycles. The van der Waals surface area contributed by atoms with E-state index in [0.29, 0.717) is 16.9 Å². The van der Waals surface area contributed by atoms with Crippen molar-refractivity contribution in [3.05, 3.63) is 100 Å². The van der Waals surface area contributed by atoms with Crippen LogP contribution in [0.5, 0.6) is 0 Å². The molecule has 0 unspecified atom stereocenters. The van der Waals surface area contributed by atoms with Gasteiger partial charge in [-0.15, -0.1) is 0 Å². The minimum atomic E-state index is -0.503. The van der Waals surface area contributed by atoms with Gasteiger partial charge in [0.05, 0.1) is 10.6 Å². The third-order valence-electron chi connectivity index (χ3n) is 4.17. The Morgan fingerprint density at radius 1 is 1.04 bits per heavy atom. The fraction of sp³-hybridized carbons (Fsp3) is 0. The van der Waals surface area contributed by atoms with Crippen LogP contribution in [0.3, 0.4) is 0 Å². The number of nitrogens with one attached hydrogen (secondary N) is 1. The van der Waals surface area contributed by atoms with Crippen LogP contribution < -0.4 is 5.32 Å². The number of aromatic nitrogens is 2. The summed E-state index contributed by atoms with van der Waals surface area (Å²) in [5.41, 5.74) is 2.36. The number of carbonyl (C=O) groups excluding carboxylic acids is 1. The second kappa shape index (κ2) is 6.72. The highest BCUT2D eigenvalue weighted by Gasteiger charge is 2.16. The fourth-order valence-electron chi connectivity index (χ4n) is 2.90. The highest BCUT2D eigenvalue weighted by molar-refractivity contribution is 6.09. The van der Waals surface area contributed by atoms with Crippen LogP contribution in [0, 0.1) is 10.1 Å². The van der Waals surface area contributed by atoms with Gasteiger partial charge in [0, 0.05) is 35.2 Å². The lowest BCUT2D eigenvalue weighted by Crippen LogP contribution is -2.06. The molecule has 3 heterocycles. The number of hydrogen-bond acceptors (Lipinski definition) is 5. The van der Waals surface area contributed by atoms with Gasteiger partial charge in [-0.2, -0.15) is 0 Å². The summed E-state index contributed by atoms with van der Waals surface area (Å²) in [4.78, 5) is 27.6. The standard InChI is InChI=1S/C20H14N4O3/c25-19(17-10-9-16-7-1-2-12-23(16)17)14-5-3-6-15(13-14)22-20-18(24(26)27)8-4-11-21-20/h1-13H,(H,21,22). The van der Waals surface area contributed by atoms with Crippen LogP contribution in [0.4, 0.5) is 17.2 Å². The van der Waals surface area contributed by atoms with Crippen LogP contribution in [-0.4, -0.2) is 20.1 Å². The van der Waals surface area contributed by atoms with Gasteiger partial charge in [-0.3, -0.25) is 14.9 Å². The molecule has 3 aromatic heterocycles. The maximum absolute atomic E-state index is 12.9. The van der Waals surface area contributed by atoms with Crippen LogP contribution >= 0.6 is 0 Å². The molecule has 132 valence electrons. The van der Waals surface area contributed by atoms with Gasteiger partial charge in [-0.05, 0) is 42.5 Å². The van der Waals surface area contributed by atoms with Gasteiger partial charge in [0.15, 0.2) is 0 Å². The first-order chi connectivity index (χ1) is 13.1. The summed E-state index contributed by atoms with van der Waals surface area (Å²) in [5.74, 6) is -0.0133. The lowest BCUT2D eigenvalue weighted by atomic mass is 10.1. The largest absolute Gasteiger partial charge is 0.334 e. The van der Waals surface area contributed by atoms with E-state index in [1.807, 2.05) is 34.9 Å². The Hall–Kier alpha value is -4.00. The van der Waals surface area contributed by atoms with Crippen molar-refractivity contribution in [1.29, 1.82) is 0 Å². The molecule has 0 radical (unpaired) electrons. The molecular weight excluding hydrogens is 344 g/mol. The van der Waals surface area contributed by atoms with Crippen LogP contribution in [0.15, 0.2) is 79.1 Å². The minimum Gasteiger partial charge on any atom is -0.334 e. The molecule has 0 saturated heterocycles. The summed E-state index contributed by atoms with van der Waals surface area (Å²) in [6, 6.07) is 19.0. The zero-order valence-electron chi connectivity index (χ0n) is 14.1. The topological polar surface area (TPSA) is 89.5 Å². The SMILES string of the molecule is O=C(c1cccc(Nc2ncccc2[N+](=O)[O-])c1)c1ccc2ccccn12. The smallest absolute Gasteiger partial charge is 0.311 e. The Bertz CT molecular complexity index is 1170. The molecule has 0 amide bonds. The molecule has 1 aromatic carbocycles. The number of fused-ring (bicyclic) bond motifs is 1. The molecule has 0 spiro atoms. The van der Waals surface area contributed by atoms with Gasteiger partial charge < -0.3 is 9.72 Å². The van der Waals surface area contributed by atoms with Crippen molar-refractivity contribution in [1.82, 2.24) is 9.38 Å². The van der Waals surface area contributed by atoms with E-state index in [1.54, 1.807) is 30.3 Å². The monoisotopic (exact) mass is 358 g/mol. The van der Waals surface area contributed by atoms with Crippen molar-refractivity contribution in [2.24, 2.45) is 0 Å². The Balaban J connectivity index is 1.67. The van der Waals surface area contributed by atoms with Crippen molar-refractivity contribution in [2.75, 3.05) is 5.32 Å². The van der Waals surface area contributed by atoms with Crippen molar-refractivity contribution in [2.45, 2.75) is 0 Å². The third-order valence-corrected chi connectivity index (χ3v) is 4.17. The minimum absolute atomic E-state index is 0.125. The maximum Gasteiger partial charge on any atom is 0.311 e. The highest BCUT2D eigenvalue weighted by Crippen LogP contribution is 2.25. The lowest BCUT2D eigenvalue weighted by Gasteiger charge is -2.08. The number of rotatable bonds is 5. The number of anilines is 2. The quantitative estimate of drug-likeness (QED) is 0.328. The number of pyridine rings is 2. The summed E-state index contributed by atoms with van der Waals surface area (Å²) in [6.07, 6.45) is 3.30. The molecule has 0 aliphatic heterocycles. The summed E-state index contributed by atoms with van der Waals surface area (Å²) in [7, 11) is 0. The molecule has 7 nitrogen and oxygen atoms in total. The number of carbonyl (C=O) groups is 1. The number of nitro groups is 1. The molecule has 0 aliphatic rings. The van der Waals surface area contributed by atoms with E-state index >= 15 is 0 Å².